The van der Waals surface area contributed by atoms with Crippen molar-refractivity contribution in [1.82, 2.24) is 0 Å². The van der Waals surface area contributed by atoms with Crippen LogP contribution in [0.3, 0.4) is 0 Å². The molecule has 152 valence electrons. The smallest absolute Gasteiger partial charge is 0.203 e. The number of aliphatic hydroxyl groups is 1. The highest BCUT2D eigenvalue weighted by molar-refractivity contribution is 5.56. The molecule has 0 spiro atoms. The Morgan fingerprint density at radius 1 is 0.857 bits per heavy atom. The Morgan fingerprint density at radius 2 is 1.50 bits per heavy atom. The fourth-order valence-corrected chi connectivity index (χ4v) is 2.92. The van der Waals surface area contributed by atoms with E-state index in [0.29, 0.717) is 35.2 Å². The molecule has 0 aliphatic rings. The second-order valence-electron chi connectivity index (χ2n) is 6.16. The van der Waals surface area contributed by atoms with Crippen molar-refractivity contribution in [3.05, 3.63) is 47.5 Å². The van der Waals surface area contributed by atoms with Gasteiger partial charge in [-0.3, -0.25) is 0 Å². The Morgan fingerprint density at radius 3 is 2.04 bits per heavy atom. The van der Waals surface area contributed by atoms with Gasteiger partial charge in [-0.05, 0) is 42.3 Å². The van der Waals surface area contributed by atoms with E-state index in [2.05, 4.69) is 0 Å². The van der Waals surface area contributed by atoms with Crippen molar-refractivity contribution in [2.75, 3.05) is 35.0 Å². The predicted octanol–water partition coefficient (Wildman–Crippen LogP) is 3.74. The minimum absolute atomic E-state index is 0.00755. The molecule has 2 aromatic carbocycles. The number of benzene rings is 2. The molecule has 6 heteroatoms. The van der Waals surface area contributed by atoms with E-state index in [1.807, 2.05) is 43.3 Å². The van der Waals surface area contributed by atoms with Crippen molar-refractivity contribution < 1.29 is 28.8 Å². The third-order valence-electron chi connectivity index (χ3n) is 4.18. The van der Waals surface area contributed by atoms with Gasteiger partial charge in [-0.25, -0.2) is 0 Å². The van der Waals surface area contributed by atoms with Crippen LogP contribution in [-0.2, 0) is 6.42 Å². The van der Waals surface area contributed by atoms with Gasteiger partial charge in [0.05, 0.1) is 35.0 Å². The first-order chi connectivity index (χ1) is 13.6. The van der Waals surface area contributed by atoms with Gasteiger partial charge in [-0.15, -0.1) is 0 Å². The van der Waals surface area contributed by atoms with Crippen molar-refractivity contribution >= 4 is 6.08 Å². The highest BCUT2D eigenvalue weighted by Gasteiger charge is 2.16. The molecule has 0 unspecified atom stereocenters. The summed E-state index contributed by atoms with van der Waals surface area (Å²) in [6.45, 7) is 1.98. The Labute approximate surface area is 166 Å². The molecule has 2 rings (SSSR count). The van der Waals surface area contributed by atoms with Gasteiger partial charge < -0.3 is 28.8 Å². The van der Waals surface area contributed by atoms with Crippen LogP contribution in [-0.4, -0.2) is 46.3 Å². The third kappa shape index (κ3) is 5.33. The predicted molar refractivity (Wildman–Crippen MR) is 109 cm³/mol. The molecule has 0 aliphatic carbocycles. The molecule has 28 heavy (non-hydrogen) atoms. The summed E-state index contributed by atoms with van der Waals surface area (Å²) in [5.41, 5.74) is 1.93. The van der Waals surface area contributed by atoms with E-state index in [0.717, 1.165) is 11.1 Å². The van der Waals surface area contributed by atoms with E-state index in [9.17, 15) is 0 Å². The standard InChI is InChI=1S/C22H28O6/c1-15(11-17-13-20(25-3)22(27-5)21(14-17)26-4)28-18-9-8-16(7-6-10-23)12-19(18)24-2/h6-9,12-15,23H,10-11H2,1-5H3/b7-6+/t15-/m0/s1. The number of ether oxygens (including phenoxy) is 5. The Kier molecular flexibility index (Phi) is 8.02. The van der Waals surface area contributed by atoms with Crippen LogP contribution in [0.4, 0.5) is 0 Å². The number of rotatable bonds is 10. The zero-order valence-electron chi connectivity index (χ0n) is 17.0. The average Bonchev–Trinajstić information content (AvgIpc) is 2.71. The Bertz CT molecular complexity index is 775. The molecule has 6 nitrogen and oxygen atoms in total. The average molecular weight is 388 g/mol. The molecule has 0 heterocycles. The van der Waals surface area contributed by atoms with Gasteiger partial charge in [0.1, 0.15) is 6.10 Å². The molecule has 0 aromatic heterocycles. The molecule has 0 saturated heterocycles. The third-order valence-corrected chi connectivity index (χ3v) is 4.18. The quantitative estimate of drug-likeness (QED) is 0.669. The second-order valence-corrected chi connectivity index (χ2v) is 6.16. The van der Waals surface area contributed by atoms with Crippen LogP contribution in [0.5, 0.6) is 28.7 Å². The maximum atomic E-state index is 8.91. The zero-order valence-corrected chi connectivity index (χ0v) is 17.0. The number of hydrogen-bond donors (Lipinski definition) is 1. The van der Waals surface area contributed by atoms with Gasteiger partial charge in [0.2, 0.25) is 5.75 Å². The van der Waals surface area contributed by atoms with Crippen LogP contribution in [0.25, 0.3) is 6.08 Å². The van der Waals surface area contributed by atoms with E-state index >= 15 is 0 Å². The van der Waals surface area contributed by atoms with Gasteiger partial charge >= 0.3 is 0 Å². The summed E-state index contributed by atoms with van der Waals surface area (Å²) in [7, 11) is 6.38. The molecular weight excluding hydrogens is 360 g/mol. The van der Waals surface area contributed by atoms with Crippen LogP contribution in [0.15, 0.2) is 36.4 Å². The maximum absolute atomic E-state index is 8.91. The molecule has 0 saturated carbocycles. The molecule has 0 radical (unpaired) electrons. The van der Waals surface area contributed by atoms with Crippen molar-refractivity contribution in [3.8, 4) is 28.7 Å². The first kappa shape index (κ1) is 21.4. The van der Waals surface area contributed by atoms with Gasteiger partial charge in [0.15, 0.2) is 23.0 Å². The number of hydrogen-bond acceptors (Lipinski definition) is 6. The first-order valence-corrected chi connectivity index (χ1v) is 8.97. The van der Waals surface area contributed by atoms with E-state index < -0.39 is 0 Å². The first-order valence-electron chi connectivity index (χ1n) is 8.97. The topological polar surface area (TPSA) is 66.4 Å². The molecular formula is C22H28O6. The van der Waals surface area contributed by atoms with Crippen molar-refractivity contribution in [1.29, 1.82) is 0 Å². The van der Waals surface area contributed by atoms with Gasteiger partial charge in [0.25, 0.3) is 0 Å². The van der Waals surface area contributed by atoms with Crippen LogP contribution in [0.2, 0.25) is 0 Å². The van der Waals surface area contributed by atoms with Gasteiger partial charge in [-0.1, -0.05) is 18.2 Å². The SMILES string of the molecule is COc1cc(/C=C/CO)ccc1O[C@@H](C)Cc1cc(OC)c(OC)c(OC)c1. The van der Waals surface area contributed by atoms with E-state index in [-0.39, 0.29) is 12.7 Å². The molecule has 1 atom stereocenters. The van der Waals surface area contributed by atoms with Gasteiger partial charge in [0, 0.05) is 6.42 Å². The largest absolute Gasteiger partial charge is 0.493 e. The highest BCUT2D eigenvalue weighted by Crippen LogP contribution is 2.38. The van der Waals surface area contributed by atoms with Crippen molar-refractivity contribution in [3.63, 3.8) is 0 Å². The maximum Gasteiger partial charge on any atom is 0.203 e. The van der Waals surface area contributed by atoms with Crippen molar-refractivity contribution in [2.45, 2.75) is 19.4 Å². The highest BCUT2D eigenvalue weighted by atomic mass is 16.5. The molecule has 2 aromatic rings. The lowest BCUT2D eigenvalue weighted by Gasteiger charge is -2.19. The minimum atomic E-state index is -0.115. The number of methoxy groups -OCH3 is 4. The molecule has 0 fully saturated rings. The lowest BCUT2D eigenvalue weighted by atomic mass is 10.1. The Balaban J connectivity index is 2.18. The molecule has 1 N–H and O–H groups in total. The van der Waals surface area contributed by atoms with Crippen LogP contribution in [0, 0.1) is 0 Å². The van der Waals surface area contributed by atoms with E-state index in [1.165, 1.54) is 0 Å². The van der Waals surface area contributed by atoms with Crippen LogP contribution in [0.1, 0.15) is 18.1 Å². The fraction of sp³-hybridized carbons (Fsp3) is 0.364. The summed E-state index contributed by atoms with van der Waals surface area (Å²) in [6, 6.07) is 9.48. The lowest BCUT2D eigenvalue weighted by molar-refractivity contribution is 0.211. The van der Waals surface area contributed by atoms with Crippen LogP contribution >= 0.6 is 0 Å². The molecule has 0 bridgehead atoms. The summed E-state index contributed by atoms with van der Waals surface area (Å²) in [5.74, 6) is 3.08. The second kappa shape index (κ2) is 10.5. The summed E-state index contributed by atoms with van der Waals surface area (Å²) in [5, 5.41) is 8.91. The summed E-state index contributed by atoms with van der Waals surface area (Å²) >= 11 is 0. The number of aliphatic hydroxyl groups excluding tert-OH is 1. The minimum Gasteiger partial charge on any atom is -0.493 e. The zero-order chi connectivity index (χ0) is 20.5. The van der Waals surface area contributed by atoms with Gasteiger partial charge in [-0.2, -0.15) is 0 Å². The molecule has 0 aliphatic heterocycles. The summed E-state index contributed by atoms with van der Waals surface area (Å²) in [6.07, 6.45) is 4.02. The normalized spacial score (nSPS) is 11.9. The van der Waals surface area contributed by atoms with E-state index in [1.54, 1.807) is 34.5 Å². The van der Waals surface area contributed by atoms with E-state index in [4.69, 9.17) is 28.8 Å². The summed E-state index contributed by atoms with van der Waals surface area (Å²) in [4.78, 5) is 0. The molecule has 0 amide bonds. The van der Waals surface area contributed by atoms with Crippen LogP contribution < -0.4 is 23.7 Å². The summed E-state index contributed by atoms with van der Waals surface area (Å²) < 4.78 is 27.7. The lowest BCUT2D eigenvalue weighted by Crippen LogP contribution is -2.16. The fourth-order valence-electron chi connectivity index (χ4n) is 2.92. The Hall–Kier alpha value is -2.86. The monoisotopic (exact) mass is 388 g/mol. The van der Waals surface area contributed by atoms with Crippen molar-refractivity contribution in [2.24, 2.45) is 0 Å².